The topological polar surface area (TPSA) is 61.8 Å². The van der Waals surface area contributed by atoms with Crippen LogP contribution in [0.25, 0.3) is 0 Å². The number of unbranched alkanes of at least 4 members (excludes halogenated alkanes) is 19. The maximum atomic E-state index is 12.6. The van der Waals surface area contributed by atoms with Crippen molar-refractivity contribution in [2.75, 3.05) is 19.8 Å². The summed E-state index contributed by atoms with van der Waals surface area (Å²) >= 11 is 0. The summed E-state index contributed by atoms with van der Waals surface area (Å²) in [6.07, 6.45) is 48.4. The van der Waals surface area contributed by atoms with Crippen LogP contribution in [0.15, 0.2) is 48.6 Å². The fraction of sp³-hybridized carbons (Fsp3) is 0.778. The van der Waals surface area contributed by atoms with Gasteiger partial charge in [-0.2, -0.15) is 0 Å². The first-order chi connectivity index (χ1) is 24.6. The molecule has 5 heteroatoms. The Balaban J connectivity index is 4.25. The third-order valence-corrected chi connectivity index (χ3v) is 8.88. The lowest BCUT2D eigenvalue weighted by atomic mass is 10.0. The van der Waals surface area contributed by atoms with E-state index in [1.807, 2.05) is 0 Å². The molecule has 0 aliphatic carbocycles. The fourth-order valence-corrected chi connectivity index (χ4v) is 5.75. The zero-order chi connectivity index (χ0) is 36.4. The van der Waals surface area contributed by atoms with E-state index in [-0.39, 0.29) is 25.2 Å². The van der Waals surface area contributed by atoms with E-state index < -0.39 is 6.10 Å². The largest absolute Gasteiger partial charge is 0.462 e. The maximum absolute atomic E-state index is 12.6. The van der Waals surface area contributed by atoms with Crippen molar-refractivity contribution in [2.24, 2.45) is 0 Å². The molecule has 0 saturated carbocycles. The van der Waals surface area contributed by atoms with Crippen LogP contribution in [0.2, 0.25) is 0 Å². The van der Waals surface area contributed by atoms with Gasteiger partial charge in [-0.1, -0.05) is 185 Å². The highest BCUT2D eigenvalue weighted by Crippen LogP contribution is 2.14. The first kappa shape index (κ1) is 47.9. The van der Waals surface area contributed by atoms with E-state index in [4.69, 9.17) is 14.2 Å². The minimum Gasteiger partial charge on any atom is -0.462 e. The number of hydrogen-bond acceptors (Lipinski definition) is 5. The Morgan fingerprint density at radius 3 is 1.36 bits per heavy atom. The van der Waals surface area contributed by atoms with Crippen LogP contribution in [0.4, 0.5) is 0 Å². The zero-order valence-electron chi connectivity index (χ0n) is 33.2. The standard InChI is InChI=1S/C45H80O5/c1-4-7-10-13-16-18-20-22-24-26-28-31-34-37-40-48-41-43(50-45(47)39-36-33-29-15-12-9-6-3)42-49-44(46)38-35-32-30-27-25-23-21-19-17-14-11-8-5-2/h7,10,16,18,22,24,28,31,43H,4-6,8-9,11-15,17,19-21,23,25-27,29-30,32-42H2,1-3H3/b10-7-,18-16-,24-22-,31-28-. The van der Waals surface area contributed by atoms with E-state index in [1.165, 1.54) is 96.3 Å². The number of allylic oxidation sites excluding steroid dienone is 8. The van der Waals surface area contributed by atoms with Crippen molar-refractivity contribution >= 4 is 11.9 Å². The summed E-state index contributed by atoms with van der Waals surface area (Å²) in [6.45, 7) is 7.54. The van der Waals surface area contributed by atoms with Gasteiger partial charge < -0.3 is 14.2 Å². The van der Waals surface area contributed by atoms with Gasteiger partial charge in [-0.15, -0.1) is 0 Å². The van der Waals surface area contributed by atoms with Crippen molar-refractivity contribution in [1.82, 2.24) is 0 Å². The average Bonchev–Trinajstić information content (AvgIpc) is 3.11. The minimum atomic E-state index is -0.556. The van der Waals surface area contributed by atoms with Gasteiger partial charge in [-0.3, -0.25) is 9.59 Å². The molecule has 1 atom stereocenters. The summed E-state index contributed by atoms with van der Waals surface area (Å²) < 4.78 is 17.1. The molecule has 0 N–H and O–H groups in total. The molecule has 0 heterocycles. The molecule has 0 bridgehead atoms. The number of ether oxygens (including phenoxy) is 3. The highest BCUT2D eigenvalue weighted by Gasteiger charge is 2.17. The predicted octanol–water partition coefficient (Wildman–Crippen LogP) is 13.7. The quantitative estimate of drug-likeness (QED) is 0.0364. The first-order valence-corrected chi connectivity index (χ1v) is 21.2. The second kappa shape index (κ2) is 41.3. The summed E-state index contributed by atoms with van der Waals surface area (Å²) in [6, 6.07) is 0. The molecule has 290 valence electrons. The molecular formula is C45H80O5. The molecule has 0 rings (SSSR count). The lowest BCUT2D eigenvalue weighted by Gasteiger charge is -2.18. The Morgan fingerprint density at radius 2 is 0.880 bits per heavy atom. The maximum Gasteiger partial charge on any atom is 0.306 e. The predicted molar refractivity (Wildman–Crippen MR) is 215 cm³/mol. The summed E-state index contributed by atoms with van der Waals surface area (Å²) in [5.41, 5.74) is 0. The highest BCUT2D eigenvalue weighted by molar-refractivity contribution is 5.70. The molecule has 1 unspecified atom stereocenters. The molecule has 0 spiro atoms. The van der Waals surface area contributed by atoms with Crippen molar-refractivity contribution in [3.63, 3.8) is 0 Å². The Kier molecular flexibility index (Phi) is 39.5. The number of esters is 2. The van der Waals surface area contributed by atoms with E-state index in [0.717, 1.165) is 70.6 Å². The van der Waals surface area contributed by atoms with Gasteiger partial charge in [0.1, 0.15) is 6.61 Å². The van der Waals surface area contributed by atoms with Crippen molar-refractivity contribution in [3.8, 4) is 0 Å². The van der Waals surface area contributed by atoms with Crippen LogP contribution in [0.1, 0.15) is 201 Å². The molecule has 0 fully saturated rings. The molecule has 50 heavy (non-hydrogen) atoms. The molecular weight excluding hydrogens is 620 g/mol. The number of rotatable bonds is 38. The van der Waals surface area contributed by atoms with Crippen molar-refractivity contribution in [3.05, 3.63) is 48.6 Å². The van der Waals surface area contributed by atoms with Crippen LogP contribution >= 0.6 is 0 Å². The Morgan fingerprint density at radius 1 is 0.460 bits per heavy atom. The summed E-state index contributed by atoms with van der Waals surface area (Å²) in [5.74, 6) is -0.431. The Bertz CT molecular complexity index is 842. The molecule has 0 aliphatic rings. The van der Waals surface area contributed by atoms with E-state index in [1.54, 1.807) is 0 Å². The molecule has 0 aliphatic heterocycles. The monoisotopic (exact) mass is 701 g/mol. The minimum absolute atomic E-state index is 0.0664. The third kappa shape index (κ3) is 38.7. The summed E-state index contributed by atoms with van der Waals surface area (Å²) in [4.78, 5) is 25.0. The van der Waals surface area contributed by atoms with Gasteiger partial charge in [-0.05, 0) is 51.4 Å². The van der Waals surface area contributed by atoms with Gasteiger partial charge in [0, 0.05) is 19.4 Å². The van der Waals surface area contributed by atoms with Crippen molar-refractivity contribution < 1.29 is 23.8 Å². The molecule has 0 aromatic heterocycles. The van der Waals surface area contributed by atoms with Gasteiger partial charge >= 0.3 is 11.9 Å². The van der Waals surface area contributed by atoms with Crippen molar-refractivity contribution in [2.45, 2.75) is 207 Å². The lowest BCUT2D eigenvalue weighted by molar-refractivity contribution is -0.163. The number of carbonyl (C=O) groups excluding carboxylic acids is 2. The molecule has 0 aromatic rings. The van der Waals surface area contributed by atoms with Crippen LogP contribution in [-0.4, -0.2) is 37.9 Å². The van der Waals surface area contributed by atoms with Gasteiger partial charge in [0.15, 0.2) is 6.10 Å². The molecule has 0 radical (unpaired) electrons. The van der Waals surface area contributed by atoms with Gasteiger partial charge in [0.25, 0.3) is 0 Å². The Labute approximate surface area is 310 Å². The highest BCUT2D eigenvalue weighted by atomic mass is 16.6. The first-order valence-electron chi connectivity index (χ1n) is 21.2. The molecule has 0 aromatic carbocycles. The Hall–Kier alpha value is -2.14. The van der Waals surface area contributed by atoms with Gasteiger partial charge in [-0.25, -0.2) is 0 Å². The lowest BCUT2D eigenvalue weighted by Crippen LogP contribution is -2.30. The van der Waals surface area contributed by atoms with Crippen LogP contribution in [0.3, 0.4) is 0 Å². The fourth-order valence-electron chi connectivity index (χ4n) is 5.75. The second-order valence-electron chi connectivity index (χ2n) is 13.9. The normalized spacial score (nSPS) is 12.6. The van der Waals surface area contributed by atoms with Gasteiger partial charge in [0.05, 0.1) is 6.61 Å². The van der Waals surface area contributed by atoms with Crippen LogP contribution in [0.5, 0.6) is 0 Å². The van der Waals surface area contributed by atoms with E-state index >= 15 is 0 Å². The van der Waals surface area contributed by atoms with Crippen LogP contribution in [-0.2, 0) is 23.8 Å². The third-order valence-electron chi connectivity index (χ3n) is 8.88. The summed E-state index contributed by atoms with van der Waals surface area (Å²) in [5, 5.41) is 0. The van der Waals surface area contributed by atoms with Gasteiger partial charge in [0.2, 0.25) is 0 Å². The second-order valence-corrected chi connectivity index (χ2v) is 13.9. The van der Waals surface area contributed by atoms with E-state index in [9.17, 15) is 9.59 Å². The van der Waals surface area contributed by atoms with Crippen LogP contribution < -0.4 is 0 Å². The molecule has 0 saturated heterocycles. The smallest absolute Gasteiger partial charge is 0.306 e. The number of carbonyl (C=O) groups is 2. The number of hydrogen-bond donors (Lipinski definition) is 0. The SMILES string of the molecule is CC/C=C\C/C=C\C/C=C\C/C=C\CCCOCC(COC(=O)CCCCCCCCCCCCCCC)OC(=O)CCCCCCCCC. The molecule has 5 nitrogen and oxygen atoms in total. The average molecular weight is 701 g/mol. The van der Waals surface area contributed by atoms with Crippen LogP contribution in [0, 0.1) is 0 Å². The zero-order valence-corrected chi connectivity index (χ0v) is 33.2. The van der Waals surface area contributed by atoms with E-state index in [0.29, 0.717) is 19.4 Å². The summed E-state index contributed by atoms with van der Waals surface area (Å²) in [7, 11) is 0. The molecule has 0 amide bonds. The van der Waals surface area contributed by atoms with Crippen molar-refractivity contribution in [1.29, 1.82) is 0 Å². The van der Waals surface area contributed by atoms with E-state index in [2.05, 4.69) is 69.4 Å².